The van der Waals surface area contributed by atoms with Crippen molar-refractivity contribution in [3.63, 3.8) is 0 Å². The summed E-state index contributed by atoms with van der Waals surface area (Å²) in [5, 5.41) is 4.00. The van der Waals surface area contributed by atoms with Gasteiger partial charge in [-0.25, -0.2) is 19.9 Å². The van der Waals surface area contributed by atoms with Crippen molar-refractivity contribution in [1.82, 2.24) is 34.5 Å². The number of rotatable bonds is 4. The van der Waals surface area contributed by atoms with E-state index in [-0.39, 0.29) is 28.0 Å². The van der Waals surface area contributed by atoms with Gasteiger partial charge in [0.15, 0.2) is 5.65 Å². The van der Waals surface area contributed by atoms with Crippen LogP contribution in [0.3, 0.4) is 0 Å². The predicted molar refractivity (Wildman–Crippen MR) is 120 cm³/mol. The highest BCUT2D eigenvalue weighted by atomic mass is 35.5. The molecule has 1 atom stereocenters. The van der Waals surface area contributed by atoms with Crippen LogP contribution >= 0.6 is 11.6 Å². The Balaban J connectivity index is 1.72. The minimum Gasteiger partial charge on any atom is -0.360 e. The van der Waals surface area contributed by atoms with E-state index in [1.165, 1.54) is 17.2 Å². The summed E-state index contributed by atoms with van der Waals surface area (Å²) < 4.78 is 1.45. The largest absolute Gasteiger partial charge is 0.360 e. The Morgan fingerprint density at radius 1 is 1.09 bits per heavy atom. The van der Waals surface area contributed by atoms with Crippen LogP contribution in [-0.4, -0.2) is 34.5 Å². The Morgan fingerprint density at radius 3 is 2.78 bits per heavy atom. The Kier molecular flexibility index (Phi) is 4.83. The molecule has 4 heterocycles. The summed E-state index contributed by atoms with van der Waals surface area (Å²) in [5.41, 5.74) is 0.528. The van der Waals surface area contributed by atoms with Crippen molar-refractivity contribution in [1.29, 1.82) is 0 Å². The molecule has 11 heteroatoms. The first-order chi connectivity index (χ1) is 15.5. The maximum Gasteiger partial charge on any atom is 0.267 e. The Morgan fingerprint density at radius 2 is 1.97 bits per heavy atom. The van der Waals surface area contributed by atoms with Crippen molar-refractivity contribution in [3.8, 4) is 5.69 Å². The molecule has 0 aliphatic heterocycles. The lowest BCUT2D eigenvalue weighted by molar-refractivity contribution is 0.730. The summed E-state index contributed by atoms with van der Waals surface area (Å²) in [4.78, 5) is 49.5. The summed E-state index contributed by atoms with van der Waals surface area (Å²) >= 11 is 6.32. The van der Waals surface area contributed by atoms with Gasteiger partial charge in [0.25, 0.3) is 11.1 Å². The highest BCUT2D eigenvalue weighted by molar-refractivity contribution is 6.35. The standard InChI is InChI=1S/C21H15ClN8O2/c1-11(28-18-16-17(24-9-26-18)25-10-27-20(16)31)19-29-14-6-2-5-13(22)15(14)21(32)30(19)12-4-3-7-23-8-12/h2-11H,1H3,(H2,24,25,26,27,28,31). The fourth-order valence-corrected chi connectivity index (χ4v) is 3.77. The SMILES string of the molecule is CC(Nc1ncnc2nc[nH]c(=O)c12)c1nc2cccc(Cl)c2c(=O)n1-c1cccnc1. The molecule has 158 valence electrons. The fraction of sp³-hybridized carbons (Fsp3) is 0.0952. The summed E-state index contributed by atoms with van der Waals surface area (Å²) in [6, 6.07) is 8.04. The topological polar surface area (TPSA) is 131 Å². The highest BCUT2D eigenvalue weighted by Gasteiger charge is 2.21. The van der Waals surface area contributed by atoms with Crippen LogP contribution in [0.15, 0.2) is 65.0 Å². The van der Waals surface area contributed by atoms with Crippen LogP contribution in [0.5, 0.6) is 0 Å². The van der Waals surface area contributed by atoms with E-state index in [2.05, 4.69) is 30.2 Å². The maximum atomic E-state index is 13.5. The van der Waals surface area contributed by atoms with Crippen LogP contribution in [0.25, 0.3) is 27.6 Å². The number of H-pyrrole nitrogens is 1. The molecule has 0 saturated heterocycles. The lowest BCUT2D eigenvalue weighted by Crippen LogP contribution is -2.28. The number of aromatic nitrogens is 7. The molecule has 32 heavy (non-hydrogen) atoms. The zero-order chi connectivity index (χ0) is 22.2. The molecule has 0 bridgehead atoms. The molecule has 0 aliphatic carbocycles. The molecule has 1 unspecified atom stereocenters. The van der Waals surface area contributed by atoms with E-state index in [0.29, 0.717) is 27.4 Å². The van der Waals surface area contributed by atoms with Crippen LogP contribution in [0.1, 0.15) is 18.8 Å². The molecule has 10 nitrogen and oxygen atoms in total. The van der Waals surface area contributed by atoms with Crippen LogP contribution in [0.4, 0.5) is 5.82 Å². The van der Waals surface area contributed by atoms with Gasteiger partial charge in [-0.2, -0.15) is 0 Å². The first-order valence-corrected chi connectivity index (χ1v) is 9.99. The molecule has 0 saturated carbocycles. The number of hydrogen-bond donors (Lipinski definition) is 2. The number of pyridine rings is 1. The molecular weight excluding hydrogens is 432 g/mol. The molecule has 0 amide bonds. The third-order valence-corrected chi connectivity index (χ3v) is 5.27. The zero-order valence-electron chi connectivity index (χ0n) is 16.7. The van der Waals surface area contributed by atoms with Gasteiger partial charge >= 0.3 is 0 Å². The van der Waals surface area contributed by atoms with Gasteiger partial charge < -0.3 is 10.3 Å². The Labute approximate surface area is 185 Å². The summed E-state index contributed by atoms with van der Waals surface area (Å²) in [6.45, 7) is 1.81. The smallest absolute Gasteiger partial charge is 0.267 e. The molecule has 1 aromatic carbocycles. The van der Waals surface area contributed by atoms with Crippen molar-refractivity contribution >= 4 is 39.4 Å². The van der Waals surface area contributed by atoms with Crippen molar-refractivity contribution in [2.75, 3.05) is 5.32 Å². The predicted octanol–water partition coefficient (Wildman–Crippen LogP) is 2.63. The number of anilines is 1. The van der Waals surface area contributed by atoms with E-state index in [1.807, 2.05) is 6.92 Å². The number of hydrogen-bond acceptors (Lipinski definition) is 8. The molecule has 0 fully saturated rings. The quantitative estimate of drug-likeness (QED) is 0.430. The first kappa shape index (κ1) is 19.8. The van der Waals surface area contributed by atoms with E-state index < -0.39 is 6.04 Å². The molecular formula is C21H15ClN8O2. The molecule has 0 radical (unpaired) electrons. The van der Waals surface area contributed by atoms with Crippen molar-refractivity contribution < 1.29 is 0 Å². The van der Waals surface area contributed by atoms with E-state index in [4.69, 9.17) is 16.6 Å². The molecule has 0 spiro atoms. The van der Waals surface area contributed by atoms with Crippen LogP contribution in [-0.2, 0) is 0 Å². The van der Waals surface area contributed by atoms with Crippen LogP contribution < -0.4 is 16.4 Å². The average molecular weight is 447 g/mol. The van der Waals surface area contributed by atoms with Crippen molar-refractivity contribution in [3.05, 3.63) is 86.9 Å². The molecule has 0 aliphatic rings. The van der Waals surface area contributed by atoms with E-state index in [9.17, 15) is 9.59 Å². The minimum atomic E-state index is -0.538. The zero-order valence-corrected chi connectivity index (χ0v) is 17.4. The summed E-state index contributed by atoms with van der Waals surface area (Å²) in [5.74, 6) is 0.667. The molecule has 2 N–H and O–H groups in total. The third kappa shape index (κ3) is 3.26. The Hall–Kier alpha value is -4.18. The lowest BCUT2D eigenvalue weighted by Gasteiger charge is -2.20. The summed E-state index contributed by atoms with van der Waals surface area (Å²) in [7, 11) is 0. The number of fused-ring (bicyclic) bond motifs is 2. The highest BCUT2D eigenvalue weighted by Crippen LogP contribution is 2.25. The van der Waals surface area contributed by atoms with Gasteiger partial charge in [-0.05, 0) is 31.2 Å². The number of nitrogens with zero attached hydrogens (tertiary/aromatic N) is 6. The van der Waals surface area contributed by atoms with Gasteiger partial charge in [0.2, 0.25) is 0 Å². The molecule has 5 rings (SSSR count). The van der Waals surface area contributed by atoms with Gasteiger partial charge in [-0.1, -0.05) is 17.7 Å². The second kappa shape index (κ2) is 7.82. The first-order valence-electron chi connectivity index (χ1n) is 9.61. The van der Waals surface area contributed by atoms with E-state index >= 15 is 0 Å². The minimum absolute atomic E-state index is 0.209. The normalized spacial score (nSPS) is 12.2. The van der Waals surface area contributed by atoms with Gasteiger partial charge in [0, 0.05) is 6.20 Å². The van der Waals surface area contributed by atoms with Gasteiger partial charge in [0.1, 0.15) is 23.4 Å². The second-order valence-electron chi connectivity index (χ2n) is 6.97. The summed E-state index contributed by atoms with van der Waals surface area (Å²) in [6.07, 6.45) is 5.77. The Bertz CT molecular complexity index is 1580. The fourth-order valence-electron chi connectivity index (χ4n) is 3.52. The maximum absolute atomic E-state index is 13.5. The molecule has 5 aromatic rings. The van der Waals surface area contributed by atoms with E-state index in [1.54, 1.807) is 42.7 Å². The number of nitrogens with one attached hydrogen (secondary N) is 2. The number of halogens is 1. The monoisotopic (exact) mass is 446 g/mol. The van der Waals surface area contributed by atoms with Crippen molar-refractivity contribution in [2.45, 2.75) is 13.0 Å². The average Bonchev–Trinajstić information content (AvgIpc) is 2.79. The van der Waals surface area contributed by atoms with Crippen molar-refractivity contribution in [2.24, 2.45) is 0 Å². The van der Waals surface area contributed by atoms with Gasteiger partial charge in [0.05, 0.1) is 40.2 Å². The van der Waals surface area contributed by atoms with Gasteiger partial charge in [-0.15, -0.1) is 0 Å². The lowest BCUT2D eigenvalue weighted by atomic mass is 10.2. The number of benzene rings is 1. The second-order valence-corrected chi connectivity index (χ2v) is 7.38. The van der Waals surface area contributed by atoms with Crippen LogP contribution in [0, 0.1) is 0 Å². The van der Waals surface area contributed by atoms with Gasteiger partial charge in [-0.3, -0.25) is 19.1 Å². The third-order valence-electron chi connectivity index (χ3n) is 4.95. The van der Waals surface area contributed by atoms with Crippen LogP contribution in [0.2, 0.25) is 5.02 Å². The van der Waals surface area contributed by atoms with E-state index in [0.717, 1.165) is 0 Å². The molecule has 4 aromatic heterocycles. The number of aromatic amines is 1.